The van der Waals surface area contributed by atoms with Gasteiger partial charge in [0.2, 0.25) is 5.91 Å². The highest BCUT2D eigenvalue weighted by atomic mass is 32.1. The first-order valence-electron chi connectivity index (χ1n) is 11.6. The summed E-state index contributed by atoms with van der Waals surface area (Å²) in [6, 6.07) is 15.2. The maximum Gasteiger partial charge on any atom is 0.289 e. The van der Waals surface area contributed by atoms with E-state index in [2.05, 4.69) is 11.8 Å². The summed E-state index contributed by atoms with van der Waals surface area (Å²) in [6.45, 7) is 2.89. The van der Waals surface area contributed by atoms with Crippen LogP contribution in [-0.4, -0.2) is 47.8 Å². The molecule has 0 bridgehead atoms. The van der Waals surface area contributed by atoms with Crippen LogP contribution in [0.5, 0.6) is 0 Å². The molecule has 172 valence electrons. The molecule has 5 nitrogen and oxygen atoms in total. The van der Waals surface area contributed by atoms with E-state index in [9.17, 15) is 9.59 Å². The van der Waals surface area contributed by atoms with E-state index in [1.807, 2.05) is 63.0 Å². The van der Waals surface area contributed by atoms with Crippen LogP contribution in [-0.2, 0) is 4.79 Å². The second kappa shape index (κ2) is 9.74. The van der Waals surface area contributed by atoms with Crippen molar-refractivity contribution < 1.29 is 14.0 Å². The lowest BCUT2D eigenvalue weighted by molar-refractivity contribution is -0.128. The zero-order valence-electron chi connectivity index (χ0n) is 18.9. The fraction of sp³-hybridized carbons (Fsp3) is 0.286. The van der Waals surface area contributed by atoms with Gasteiger partial charge in [-0.2, -0.15) is 11.3 Å². The van der Waals surface area contributed by atoms with E-state index in [1.54, 1.807) is 29.5 Å². The summed E-state index contributed by atoms with van der Waals surface area (Å²) < 4.78 is 5.74. The third-order valence-corrected chi connectivity index (χ3v) is 7.44. The Labute approximate surface area is 203 Å². The molecule has 6 heteroatoms. The second-order valence-electron chi connectivity index (χ2n) is 8.97. The molecule has 0 saturated carbocycles. The van der Waals surface area contributed by atoms with Crippen molar-refractivity contribution in [3.05, 3.63) is 88.0 Å². The molecule has 3 aromatic rings. The third kappa shape index (κ3) is 5.00. The summed E-state index contributed by atoms with van der Waals surface area (Å²) in [7, 11) is 0. The number of hydrogen-bond donors (Lipinski definition) is 0. The molecule has 2 aliphatic rings. The van der Waals surface area contributed by atoms with Gasteiger partial charge >= 0.3 is 0 Å². The summed E-state index contributed by atoms with van der Waals surface area (Å²) in [5.74, 6) is 6.85. The van der Waals surface area contributed by atoms with Crippen LogP contribution in [0.25, 0.3) is 6.08 Å². The van der Waals surface area contributed by atoms with Crippen LogP contribution in [0.15, 0.2) is 69.8 Å². The number of thiophene rings is 1. The zero-order valence-corrected chi connectivity index (χ0v) is 19.7. The number of furan rings is 1. The van der Waals surface area contributed by atoms with E-state index >= 15 is 0 Å². The van der Waals surface area contributed by atoms with E-state index in [1.165, 1.54) is 0 Å². The molecule has 0 radical (unpaired) electrons. The van der Waals surface area contributed by atoms with Crippen molar-refractivity contribution in [2.45, 2.75) is 19.3 Å². The summed E-state index contributed by atoms with van der Waals surface area (Å²) in [5.41, 5.74) is 2.05. The van der Waals surface area contributed by atoms with E-state index in [-0.39, 0.29) is 17.2 Å². The lowest BCUT2D eigenvalue weighted by atomic mass is 9.78. The van der Waals surface area contributed by atoms with Crippen molar-refractivity contribution in [2.75, 3.05) is 26.2 Å². The van der Waals surface area contributed by atoms with E-state index in [0.717, 1.165) is 50.0 Å². The van der Waals surface area contributed by atoms with Crippen LogP contribution in [0.4, 0.5) is 0 Å². The Bertz CT molecular complexity index is 1240. The van der Waals surface area contributed by atoms with Gasteiger partial charge in [0, 0.05) is 37.8 Å². The maximum atomic E-state index is 13.0. The van der Waals surface area contributed by atoms with Crippen molar-refractivity contribution in [3.63, 3.8) is 0 Å². The Morgan fingerprint density at radius 1 is 0.941 bits per heavy atom. The summed E-state index contributed by atoms with van der Waals surface area (Å²) in [4.78, 5) is 29.4. The number of hydrogen-bond acceptors (Lipinski definition) is 4. The number of nitrogens with zero attached hydrogens (tertiary/aromatic N) is 2. The minimum Gasteiger partial charge on any atom is -0.443 e. The molecule has 0 atom stereocenters. The van der Waals surface area contributed by atoms with Gasteiger partial charge < -0.3 is 14.2 Å². The highest BCUT2D eigenvalue weighted by Crippen LogP contribution is 2.41. The number of rotatable bonds is 3. The molecule has 1 spiro atoms. The Morgan fingerprint density at radius 3 is 2.44 bits per heavy atom. The number of piperidine rings is 1. The number of carbonyl (C=O) groups excluding carboxylic acids is 2. The molecule has 4 heterocycles. The molecular weight excluding hydrogens is 444 g/mol. The van der Waals surface area contributed by atoms with Gasteiger partial charge in [0.25, 0.3) is 5.91 Å². The maximum absolute atomic E-state index is 13.0. The first-order chi connectivity index (χ1) is 16.6. The molecule has 0 N–H and O–H groups in total. The smallest absolute Gasteiger partial charge is 0.289 e. The topological polar surface area (TPSA) is 53.8 Å². The summed E-state index contributed by atoms with van der Waals surface area (Å²) >= 11 is 1.62. The van der Waals surface area contributed by atoms with Crippen LogP contribution < -0.4 is 0 Å². The number of likely N-dealkylation sites (tertiary alicyclic amines) is 2. The normalized spacial score (nSPS) is 17.2. The summed E-state index contributed by atoms with van der Waals surface area (Å²) in [6.07, 6.45) is 6.34. The van der Waals surface area contributed by atoms with Gasteiger partial charge in [0.15, 0.2) is 11.5 Å². The molecule has 2 fully saturated rings. The van der Waals surface area contributed by atoms with Crippen LogP contribution in [0, 0.1) is 17.3 Å². The lowest BCUT2D eigenvalue weighted by Crippen LogP contribution is -2.44. The van der Waals surface area contributed by atoms with E-state index in [0.29, 0.717) is 18.1 Å². The molecule has 0 unspecified atom stereocenters. The first-order valence-corrected chi connectivity index (χ1v) is 12.5. The molecule has 2 amide bonds. The summed E-state index contributed by atoms with van der Waals surface area (Å²) in [5, 5.41) is 4.03. The first kappa shape index (κ1) is 22.2. The van der Waals surface area contributed by atoms with Gasteiger partial charge in [0.05, 0.1) is 0 Å². The Hall–Kier alpha value is -3.56. The van der Waals surface area contributed by atoms with Crippen molar-refractivity contribution in [2.24, 2.45) is 5.41 Å². The SMILES string of the molecule is O=C(/C=C/c1ccsc1)N1CCC2(CC1)CCN(C(=O)c1ccc(C#Cc3ccccc3)o1)C2. The highest BCUT2D eigenvalue weighted by molar-refractivity contribution is 7.08. The number of amides is 2. The predicted molar refractivity (Wildman–Crippen MR) is 133 cm³/mol. The van der Waals surface area contributed by atoms with Gasteiger partial charge in [-0.15, -0.1) is 0 Å². The third-order valence-electron chi connectivity index (χ3n) is 6.74. The minimum absolute atomic E-state index is 0.0618. The molecule has 2 aliphatic heterocycles. The molecular formula is C28H26N2O3S. The van der Waals surface area contributed by atoms with Gasteiger partial charge in [0.1, 0.15) is 0 Å². The fourth-order valence-corrected chi connectivity index (χ4v) is 5.32. The highest BCUT2D eigenvalue weighted by Gasteiger charge is 2.43. The second-order valence-corrected chi connectivity index (χ2v) is 9.75. The van der Waals surface area contributed by atoms with E-state index in [4.69, 9.17) is 4.42 Å². The van der Waals surface area contributed by atoms with Gasteiger partial charge in [-0.05, 0) is 83.3 Å². The molecule has 2 aromatic heterocycles. The zero-order chi connectivity index (χ0) is 23.4. The van der Waals surface area contributed by atoms with Gasteiger partial charge in [-0.25, -0.2) is 0 Å². The number of carbonyl (C=O) groups is 2. The average Bonchev–Trinajstić information content (AvgIpc) is 3.64. The molecule has 34 heavy (non-hydrogen) atoms. The van der Waals surface area contributed by atoms with Crippen molar-refractivity contribution in [3.8, 4) is 11.8 Å². The monoisotopic (exact) mass is 470 g/mol. The van der Waals surface area contributed by atoms with E-state index < -0.39 is 0 Å². The van der Waals surface area contributed by atoms with Crippen LogP contribution in [0.3, 0.4) is 0 Å². The van der Waals surface area contributed by atoms with Gasteiger partial charge in [-0.1, -0.05) is 24.1 Å². The van der Waals surface area contributed by atoms with Crippen molar-refractivity contribution in [1.82, 2.24) is 9.80 Å². The molecule has 1 aromatic carbocycles. The van der Waals surface area contributed by atoms with Crippen molar-refractivity contribution in [1.29, 1.82) is 0 Å². The molecule has 0 aliphatic carbocycles. The Kier molecular flexibility index (Phi) is 6.37. The quantitative estimate of drug-likeness (QED) is 0.404. The largest absolute Gasteiger partial charge is 0.443 e. The average molecular weight is 471 g/mol. The minimum atomic E-state index is -0.0816. The predicted octanol–water partition coefficient (Wildman–Crippen LogP) is 4.91. The molecule has 2 saturated heterocycles. The van der Waals surface area contributed by atoms with Crippen LogP contribution in [0.2, 0.25) is 0 Å². The van der Waals surface area contributed by atoms with Crippen molar-refractivity contribution >= 4 is 29.2 Å². The van der Waals surface area contributed by atoms with Crippen LogP contribution in [0.1, 0.15) is 46.7 Å². The van der Waals surface area contributed by atoms with Gasteiger partial charge in [-0.3, -0.25) is 9.59 Å². The lowest BCUT2D eigenvalue weighted by Gasteiger charge is -2.38. The Balaban J connectivity index is 1.16. The molecule has 5 rings (SSSR count). The fourth-order valence-electron chi connectivity index (χ4n) is 4.69. The number of benzene rings is 1. The standard InChI is InChI=1S/C28H26N2O3S/c31-26(11-7-23-12-19-34-20-23)29-16-13-28(14-17-29)15-18-30(21-28)27(32)25-10-9-24(33-25)8-6-22-4-2-1-3-5-22/h1-5,7,9-12,19-20H,13-18,21H2/b11-7+. The van der Waals surface area contributed by atoms with Crippen LogP contribution >= 0.6 is 11.3 Å². The Morgan fingerprint density at radius 2 is 1.71 bits per heavy atom.